The Hall–Kier alpha value is -0.670. The van der Waals surface area contributed by atoms with Crippen LogP contribution in [-0.2, 0) is 10.7 Å². The number of carbonyl (C=O) groups is 2. The molecule has 0 aliphatic rings. The van der Waals surface area contributed by atoms with Crippen molar-refractivity contribution in [2.24, 2.45) is 0 Å². The first-order valence-corrected chi connectivity index (χ1v) is 5.83. The van der Waals surface area contributed by atoms with Crippen molar-refractivity contribution in [2.75, 3.05) is 0 Å². The fourth-order valence-electron chi connectivity index (χ4n) is 1.26. The molecule has 0 N–H and O–H groups in total. The van der Waals surface area contributed by atoms with Crippen molar-refractivity contribution >= 4 is 39.6 Å². The largest absolute Gasteiger partial charge is 0.298 e. The van der Waals surface area contributed by atoms with Crippen LogP contribution in [0.15, 0.2) is 18.2 Å². The predicted octanol–water partition coefficient (Wildman–Crippen LogP) is 3.26. The van der Waals surface area contributed by atoms with Crippen molar-refractivity contribution in [3.05, 3.63) is 34.9 Å². The molecule has 0 heterocycles. The normalized spacial score (nSPS) is 12.2. The van der Waals surface area contributed by atoms with Gasteiger partial charge in [0.2, 0.25) is 0 Å². The SMILES string of the molecule is CC(=O)C(Br)c1ccc(CCl)cc1C=O. The van der Waals surface area contributed by atoms with E-state index in [1.54, 1.807) is 12.1 Å². The third kappa shape index (κ3) is 2.89. The molecule has 1 rings (SSSR count). The van der Waals surface area contributed by atoms with Crippen molar-refractivity contribution in [1.82, 2.24) is 0 Å². The summed E-state index contributed by atoms with van der Waals surface area (Å²) in [4.78, 5) is 21.6. The molecule has 0 saturated carbocycles. The molecule has 0 aromatic heterocycles. The Morgan fingerprint density at radius 2 is 2.27 bits per heavy atom. The second-order valence-corrected chi connectivity index (χ2v) is 4.37. The molecular weight excluding hydrogens is 279 g/mol. The van der Waals surface area contributed by atoms with E-state index in [0.717, 1.165) is 11.8 Å². The summed E-state index contributed by atoms with van der Waals surface area (Å²) in [7, 11) is 0. The highest BCUT2D eigenvalue weighted by atomic mass is 79.9. The lowest BCUT2D eigenvalue weighted by Crippen LogP contribution is -2.04. The molecular formula is C11H10BrClO2. The zero-order valence-corrected chi connectivity index (χ0v) is 10.5. The number of Topliss-reactive ketones (excluding diaryl/α,β-unsaturated/α-hetero) is 1. The van der Waals surface area contributed by atoms with E-state index in [1.165, 1.54) is 6.92 Å². The lowest BCUT2D eigenvalue weighted by Gasteiger charge is -2.10. The van der Waals surface area contributed by atoms with E-state index in [9.17, 15) is 9.59 Å². The van der Waals surface area contributed by atoms with Gasteiger partial charge in [-0.2, -0.15) is 0 Å². The maximum atomic E-state index is 11.2. The Labute approximate surface area is 102 Å². The second-order valence-electron chi connectivity index (χ2n) is 3.19. The molecule has 0 radical (unpaired) electrons. The summed E-state index contributed by atoms with van der Waals surface area (Å²) >= 11 is 8.90. The molecule has 80 valence electrons. The molecule has 2 nitrogen and oxygen atoms in total. The summed E-state index contributed by atoms with van der Waals surface area (Å²) in [6.07, 6.45) is 0.739. The summed E-state index contributed by atoms with van der Waals surface area (Å²) in [5.41, 5.74) is 2.06. The average molecular weight is 290 g/mol. The van der Waals surface area contributed by atoms with E-state index in [2.05, 4.69) is 15.9 Å². The smallest absolute Gasteiger partial charge is 0.150 e. The van der Waals surface area contributed by atoms with Gasteiger partial charge in [0.25, 0.3) is 0 Å². The minimum absolute atomic E-state index is 0.0308. The van der Waals surface area contributed by atoms with Gasteiger partial charge >= 0.3 is 0 Å². The van der Waals surface area contributed by atoms with Crippen LogP contribution in [0, 0.1) is 0 Å². The Morgan fingerprint density at radius 1 is 1.60 bits per heavy atom. The van der Waals surface area contributed by atoms with Crippen LogP contribution < -0.4 is 0 Å². The summed E-state index contributed by atoms with van der Waals surface area (Å²) in [6, 6.07) is 5.27. The average Bonchev–Trinajstić information content (AvgIpc) is 2.27. The minimum Gasteiger partial charge on any atom is -0.298 e. The van der Waals surface area contributed by atoms with Crippen molar-refractivity contribution < 1.29 is 9.59 Å². The number of alkyl halides is 2. The quantitative estimate of drug-likeness (QED) is 0.630. The number of hydrogen-bond acceptors (Lipinski definition) is 2. The first-order valence-electron chi connectivity index (χ1n) is 4.38. The molecule has 4 heteroatoms. The maximum absolute atomic E-state index is 11.2. The van der Waals surface area contributed by atoms with Gasteiger partial charge in [-0.25, -0.2) is 0 Å². The van der Waals surface area contributed by atoms with Crippen LogP contribution in [0.4, 0.5) is 0 Å². The van der Waals surface area contributed by atoms with Crippen LogP contribution in [-0.4, -0.2) is 12.1 Å². The fourth-order valence-corrected chi connectivity index (χ4v) is 1.84. The lowest BCUT2D eigenvalue weighted by molar-refractivity contribution is -0.116. The summed E-state index contributed by atoms with van der Waals surface area (Å²) in [5.74, 6) is 0.324. The Morgan fingerprint density at radius 3 is 2.73 bits per heavy atom. The van der Waals surface area contributed by atoms with Gasteiger partial charge in [0, 0.05) is 11.4 Å². The van der Waals surface area contributed by atoms with Crippen LogP contribution in [0.3, 0.4) is 0 Å². The Balaban J connectivity index is 3.18. The van der Waals surface area contributed by atoms with Gasteiger partial charge in [-0.05, 0) is 24.1 Å². The number of hydrogen-bond donors (Lipinski definition) is 0. The maximum Gasteiger partial charge on any atom is 0.150 e. The molecule has 0 aliphatic carbocycles. The van der Waals surface area contributed by atoms with E-state index in [0.29, 0.717) is 17.0 Å². The number of aldehydes is 1. The first-order chi connectivity index (χ1) is 7.10. The standard InChI is InChI=1S/C11H10BrClO2/c1-7(15)11(12)10-3-2-8(5-13)4-9(10)6-14/h2-4,6,11H,5H2,1H3. The van der Waals surface area contributed by atoms with Crippen molar-refractivity contribution in [3.63, 3.8) is 0 Å². The zero-order valence-electron chi connectivity index (χ0n) is 8.17. The van der Waals surface area contributed by atoms with Gasteiger partial charge < -0.3 is 0 Å². The Kier molecular flexibility index (Phi) is 4.48. The molecule has 0 aliphatic heterocycles. The molecule has 0 amide bonds. The molecule has 1 atom stereocenters. The van der Waals surface area contributed by atoms with Gasteiger partial charge in [-0.3, -0.25) is 9.59 Å². The molecule has 0 saturated heterocycles. The van der Waals surface area contributed by atoms with Crippen LogP contribution in [0.2, 0.25) is 0 Å². The van der Waals surface area contributed by atoms with Crippen LogP contribution in [0.5, 0.6) is 0 Å². The van der Waals surface area contributed by atoms with Crippen LogP contribution in [0.25, 0.3) is 0 Å². The van der Waals surface area contributed by atoms with E-state index in [1.807, 2.05) is 6.07 Å². The second kappa shape index (κ2) is 5.42. The fraction of sp³-hybridized carbons (Fsp3) is 0.273. The molecule has 1 aromatic rings. The predicted molar refractivity (Wildman–Crippen MR) is 63.7 cm³/mol. The topological polar surface area (TPSA) is 34.1 Å². The zero-order chi connectivity index (χ0) is 11.4. The molecule has 0 spiro atoms. The summed E-state index contributed by atoms with van der Waals surface area (Å²) in [5, 5.41) is 0. The number of benzene rings is 1. The highest BCUT2D eigenvalue weighted by molar-refractivity contribution is 9.09. The van der Waals surface area contributed by atoms with Crippen LogP contribution in [0.1, 0.15) is 33.2 Å². The lowest BCUT2D eigenvalue weighted by atomic mass is 10.0. The number of ketones is 1. The van der Waals surface area contributed by atoms with Gasteiger partial charge in [0.05, 0.1) is 4.83 Å². The number of halogens is 2. The third-order valence-corrected chi connectivity index (χ3v) is 3.51. The van der Waals surface area contributed by atoms with Gasteiger partial charge in [-0.1, -0.05) is 28.1 Å². The van der Waals surface area contributed by atoms with Crippen LogP contribution >= 0.6 is 27.5 Å². The molecule has 15 heavy (non-hydrogen) atoms. The van der Waals surface area contributed by atoms with E-state index in [-0.39, 0.29) is 5.78 Å². The van der Waals surface area contributed by atoms with E-state index >= 15 is 0 Å². The molecule has 0 fully saturated rings. The van der Waals surface area contributed by atoms with Gasteiger partial charge in [0.15, 0.2) is 0 Å². The summed E-state index contributed by atoms with van der Waals surface area (Å²) in [6.45, 7) is 1.48. The first kappa shape index (κ1) is 12.4. The third-order valence-electron chi connectivity index (χ3n) is 2.06. The van der Waals surface area contributed by atoms with Crippen molar-refractivity contribution in [3.8, 4) is 0 Å². The van der Waals surface area contributed by atoms with Gasteiger partial charge in [0.1, 0.15) is 12.1 Å². The minimum atomic E-state index is -0.429. The van der Waals surface area contributed by atoms with Crippen molar-refractivity contribution in [1.29, 1.82) is 0 Å². The van der Waals surface area contributed by atoms with E-state index < -0.39 is 4.83 Å². The monoisotopic (exact) mass is 288 g/mol. The molecule has 0 bridgehead atoms. The Bertz CT molecular complexity index is 390. The van der Waals surface area contributed by atoms with Crippen molar-refractivity contribution in [2.45, 2.75) is 17.6 Å². The highest BCUT2D eigenvalue weighted by Crippen LogP contribution is 2.27. The van der Waals surface area contributed by atoms with Gasteiger partial charge in [-0.15, -0.1) is 11.6 Å². The molecule has 1 aromatic carbocycles. The highest BCUT2D eigenvalue weighted by Gasteiger charge is 2.16. The number of carbonyl (C=O) groups excluding carboxylic acids is 2. The number of rotatable bonds is 4. The van der Waals surface area contributed by atoms with E-state index in [4.69, 9.17) is 11.6 Å². The summed E-state index contributed by atoms with van der Waals surface area (Å²) < 4.78 is 0. The molecule has 1 unspecified atom stereocenters.